The van der Waals surface area contributed by atoms with Crippen molar-refractivity contribution in [2.75, 3.05) is 18.5 Å². The number of rotatable bonds is 4. The molecule has 0 aromatic carbocycles. The van der Waals surface area contributed by atoms with E-state index >= 15 is 0 Å². The second-order valence-corrected chi connectivity index (χ2v) is 6.29. The van der Waals surface area contributed by atoms with E-state index in [1.165, 1.54) is 5.56 Å². The van der Waals surface area contributed by atoms with Crippen molar-refractivity contribution < 1.29 is 4.74 Å². The van der Waals surface area contributed by atoms with Gasteiger partial charge in [0.2, 0.25) is 5.65 Å². The third-order valence-electron chi connectivity index (χ3n) is 4.70. The molecule has 1 aliphatic rings. The number of hydrogen-bond donors (Lipinski definition) is 1. The maximum Gasteiger partial charge on any atom is 0.200 e. The number of anilines is 1. The molecule has 3 aromatic rings. The van der Waals surface area contributed by atoms with Crippen molar-refractivity contribution in [3.63, 3.8) is 0 Å². The SMILES string of the molecule is Cc1nn2cnnc2c(N[C@@H]2COC[C@H]2Cc2ccncc2)c1C. The second kappa shape index (κ2) is 6.16. The minimum Gasteiger partial charge on any atom is -0.379 e. The Morgan fingerprint density at radius 3 is 2.92 bits per heavy atom. The summed E-state index contributed by atoms with van der Waals surface area (Å²) < 4.78 is 7.46. The highest BCUT2D eigenvalue weighted by Crippen LogP contribution is 2.27. The van der Waals surface area contributed by atoms with E-state index in [1.807, 2.05) is 19.3 Å². The van der Waals surface area contributed by atoms with E-state index in [-0.39, 0.29) is 6.04 Å². The summed E-state index contributed by atoms with van der Waals surface area (Å²) in [5, 5.41) is 16.3. The van der Waals surface area contributed by atoms with Crippen molar-refractivity contribution in [2.24, 2.45) is 5.92 Å². The zero-order chi connectivity index (χ0) is 16.5. The standard InChI is InChI=1S/C17H20N6O/c1-11-12(2)22-23-10-19-21-17(23)16(11)20-15-9-24-8-14(15)7-13-3-5-18-6-4-13/h3-6,10,14-15,20H,7-9H2,1-2H3/t14-,15-/m1/s1. The Labute approximate surface area is 140 Å². The van der Waals surface area contributed by atoms with Crippen LogP contribution in [0.25, 0.3) is 5.65 Å². The van der Waals surface area contributed by atoms with Crippen LogP contribution in [0, 0.1) is 19.8 Å². The highest BCUT2D eigenvalue weighted by molar-refractivity contribution is 5.71. The van der Waals surface area contributed by atoms with Gasteiger partial charge in [-0.1, -0.05) is 0 Å². The maximum absolute atomic E-state index is 5.74. The molecule has 0 unspecified atom stereocenters. The molecule has 0 aliphatic carbocycles. The van der Waals surface area contributed by atoms with Gasteiger partial charge in [0.05, 0.1) is 30.6 Å². The van der Waals surface area contributed by atoms with E-state index < -0.39 is 0 Å². The molecule has 1 N–H and O–H groups in total. The highest BCUT2D eigenvalue weighted by atomic mass is 16.5. The average molecular weight is 324 g/mol. The number of hydrogen-bond acceptors (Lipinski definition) is 6. The first-order valence-corrected chi connectivity index (χ1v) is 8.13. The van der Waals surface area contributed by atoms with Crippen molar-refractivity contribution in [2.45, 2.75) is 26.3 Å². The Kier molecular flexibility index (Phi) is 3.86. The molecule has 7 nitrogen and oxygen atoms in total. The lowest BCUT2D eigenvalue weighted by Gasteiger charge is -2.22. The molecule has 1 fully saturated rings. The summed E-state index contributed by atoms with van der Waals surface area (Å²) in [4.78, 5) is 4.08. The van der Waals surface area contributed by atoms with Gasteiger partial charge >= 0.3 is 0 Å². The summed E-state index contributed by atoms with van der Waals surface area (Å²) >= 11 is 0. The van der Waals surface area contributed by atoms with Crippen molar-refractivity contribution in [3.05, 3.63) is 47.7 Å². The van der Waals surface area contributed by atoms with Gasteiger partial charge in [-0.3, -0.25) is 4.98 Å². The van der Waals surface area contributed by atoms with Gasteiger partial charge in [0.25, 0.3) is 0 Å². The van der Waals surface area contributed by atoms with Gasteiger partial charge in [0, 0.05) is 18.3 Å². The van der Waals surface area contributed by atoms with Crippen LogP contribution in [-0.4, -0.2) is 44.1 Å². The Morgan fingerprint density at radius 2 is 2.08 bits per heavy atom. The molecule has 1 aliphatic heterocycles. The molecular weight excluding hydrogens is 304 g/mol. The average Bonchev–Trinajstić information content (AvgIpc) is 3.22. The van der Waals surface area contributed by atoms with Crippen molar-refractivity contribution in [3.8, 4) is 0 Å². The number of nitrogens with one attached hydrogen (secondary N) is 1. The Bertz CT molecular complexity index is 847. The first-order valence-electron chi connectivity index (χ1n) is 8.13. The Morgan fingerprint density at radius 1 is 1.25 bits per heavy atom. The molecule has 0 spiro atoms. The smallest absolute Gasteiger partial charge is 0.200 e. The highest BCUT2D eigenvalue weighted by Gasteiger charge is 2.29. The molecule has 0 amide bonds. The number of ether oxygens (including phenoxy) is 1. The fraction of sp³-hybridized carbons (Fsp3) is 0.412. The van der Waals surface area contributed by atoms with Crippen LogP contribution in [0.3, 0.4) is 0 Å². The minimum atomic E-state index is 0.235. The van der Waals surface area contributed by atoms with Gasteiger partial charge in [-0.05, 0) is 43.5 Å². The predicted octanol–water partition coefficient (Wildman–Crippen LogP) is 1.81. The monoisotopic (exact) mass is 324 g/mol. The Hall–Kier alpha value is -2.54. The van der Waals surface area contributed by atoms with Crippen LogP contribution in [0.5, 0.6) is 0 Å². The van der Waals surface area contributed by atoms with Crippen molar-refractivity contribution in [1.29, 1.82) is 0 Å². The van der Waals surface area contributed by atoms with Crippen LogP contribution in [-0.2, 0) is 11.2 Å². The number of pyridine rings is 1. The molecule has 0 bridgehead atoms. The largest absolute Gasteiger partial charge is 0.379 e. The van der Waals surface area contributed by atoms with Crippen molar-refractivity contribution in [1.82, 2.24) is 24.8 Å². The number of aryl methyl sites for hydroxylation is 1. The van der Waals surface area contributed by atoms with Gasteiger partial charge in [0.1, 0.15) is 6.33 Å². The number of fused-ring (bicyclic) bond motifs is 1. The second-order valence-electron chi connectivity index (χ2n) is 6.29. The summed E-state index contributed by atoms with van der Waals surface area (Å²) in [6.07, 6.45) is 6.27. The summed E-state index contributed by atoms with van der Waals surface area (Å²) in [6, 6.07) is 4.36. The summed E-state index contributed by atoms with van der Waals surface area (Å²) in [6.45, 7) is 5.51. The van der Waals surface area contributed by atoms with Gasteiger partial charge < -0.3 is 10.1 Å². The van der Waals surface area contributed by atoms with Crippen LogP contribution in [0.15, 0.2) is 30.9 Å². The molecule has 7 heteroatoms. The van der Waals surface area contributed by atoms with E-state index in [1.54, 1.807) is 10.8 Å². The topological polar surface area (TPSA) is 77.2 Å². The summed E-state index contributed by atoms with van der Waals surface area (Å²) in [5.41, 5.74) is 5.10. The van der Waals surface area contributed by atoms with E-state index in [4.69, 9.17) is 4.74 Å². The maximum atomic E-state index is 5.74. The lowest BCUT2D eigenvalue weighted by atomic mass is 9.95. The molecule has 4 rings (SSSR count). The van der Waals surface area contributed by atoms with E-state index in [2.05, 4.69) is 44.7 Å². The summed E-state index contributed by atoms with van der Waals surface area (Å²) in [7, 11) is 0. The minimum absolute atomic E-state index is 0.235. The molecule has 2 atom stereocenters. The third kappa shape index (κ3) is 2.71. The van der Waals surface area contributed by atoms with Gasteiger partial charge in [-0.25, -0.2) is 0 Å². The summed E-state index contributed by atoms with van der Waals surface area (Å²) in [5.74, 6) is 0.406. The lowest BCUT2D eigenvalue weighted by Crippen LogP contribution is -2.30. The van der Waals surface area contributed by atoms with Gasteiger partial charge in [-0.15, -0.1) is 10.2 Å². The van der Waals surface area contributed by atoms with Gasteiger partial charge in [0.15, 0.2) is 0 Å². The molecule has 0 saturated carbocycles. The van der Waals surface area contributed by atoms with Crippen LogP contribution < -0.4 is 5.32 Å². The van der Waals surface area contributed by atoms with Gasteiger partial charge in [-0.2, -0.15) is 9.61 Å². The first-order chi connectivity index (χ1) is 11.7. The fourth-order valence-corrected chi connectivity index (χ4v) is 3.19. The van der Waals surface area contributed by atoms with E-state index in [9.17, 15) is 0 Å². The molecule has 24 heavy (non-hydrogen) atoms. The van der Waals surface area contributed by atoms with E-state index in [0.717, 1.165) is 35.6 Å². The molecule has 0 radical (unpaired) electrons. The molecule has 4 heterocycles. The zero-order valence-corrected chi connectivity index (χ0v) is 13.8. The normalized spacial score (nSPS) is 20.6. The molecular formula is C17H20N6O. The van der Waals surface area contributed by atoms with Crippen LogP contribution >= 0.6 is 0 Å². The lowest BCUT2D eigenvalue weighted by molar-refractivity contribution is 0.185. The molecule has 3 aromatic heterocycles. The van der Waals surface area contributed by atoms with Crippen molar-refractivity contribution >= 4 is 11.3 Å². The van der Waals surface area contributed by atoms with Crippen LogP contribution in [0.4, 0.5) is 5.69 Å². The van der Waals surface area contributed by atoms with Crippen LogP contribution in [0.2, 0.25) is 0 Å². The molecule has 124 valence electrons. The molecule has 1 saturated heterocycles. The number of aromatic nitrogens is 5. The predicted molar refractivity (Wildman–Crippen MR) is 89.9 cm³/mol. The fourth-order valence-electron chi connectivity index (χ4n) is 3.19. The zero-order valence-electron chi connectivity index (χ0n) is 13.8. The third-order valence-corrected chi connectivity index (χ3v) is 4.70. The number of nitrogens with zero attached hydrogens (tertiary/aromatic N) is 5. The first kappa shape index (κ1) is 15.0. The van der Waals surface area contributed by atoms with E-state index in [0.29, 0.717) is 12.5 Å². The quantitative estimate of drug-likeness (QED) is 0.788. The Balaban J connectivity index is 1.60. The van der Waals surface area contributed by atoms with Crippen LogP contribution in [0.1, 0.15) is 16.8 Å².